The molecule has 0 fully saturated rings. The molecule has 0 saturated heterocycles. The number of aromatic nitrogens is 3. The summed E-state index contributed by atoms with van der Waals surface area (Å²) in [6, 6.07) is 11.5. The normalized spacial score (nSPS) is 10.2. The monoisotopic (exact) mass is 436 g/mol. The Labute approximate surface area is 181 Å². The average molecular weight is 437 g/mol. The maximum Gasteiger partial charge on any atom is 0.167 e. The minimum Gasteiger partial charge on any atom is -0.487 e. The molecule has 0 saturated carbocycles. The van der Waals surface area contributed by atoms with Crippen molar-refractivity contribution in [1.82, 2.24) is 15.0 Å². The Morgan fingerprint density at radius 2 is 2.07 bits per heavy atom. The Bertz CT molecular complexity index is 1220. The molecule has 0 amide bonds. The third-order valence-corrected chi connectivity index (χ3v) is 4.91. The summed E-state index contributed by atoms with van der Waals surface area (Å²) < 4.78 is 19.0. The Balaban J connectivity index is 1.47. The minimum absolute atomic E-state index is 0.215. The lowest BCUT2D eigenvalue weighted by atomic mass is 10.2. The maximum atomic E-state index is 13.3. The van der Waals surface area contributed by atoms with Gasteiger partial charge in [-0.05, 0) is 41.8 Å². The summed E-state index contributed by atoms with van der Waals surface area (Å²) in [7, 11) is 0. The number of nitrogens with zero attached hydrogens (tertiary/aromatic N) is 3. The summed E-state index contributed by atoms with van der Waals surface area (Å²) in [4.78, 5) is 12.4. The Kier molecular flexibility index (Phi) is 6.18. The van der Waals surface area contributed by atoms with Gasteiger partial charge in [0.15, 0.2) is 5.01 Å². The molecule has 0 unspecified atom stereocenters. The predicted molar refractivity (Wildman–Crippen MR) is 116 cm³/mol. The minimum atomic E-state index is -0.305. The summed E-state index contributed by atoms with van der Waals surface area (Å²) >= 11 is 7.82. The number of hydrogen-bond donors (Lipinski definition) is 1. The van der Waals surface area contributed by atoms with Gasteiger partial charge in [-0.3, -0.25) is 0 Å². The second-order valence-corrected chi connectivity index (χ2v) is 7.36. The Hall–Kier alpha value is -3.47. The third kappa shape index (κ3) is 5.11. The van der Waals surface area contributed by atoms with Crippen molar-refractivity contribution < 1.29 is 9.13 Å². The van der Waals surface area contributed by atoms with Crippen molar-refractivity contribution in [1.29, 1.82) is 0 Å². The van der Waals surface area contributed by atoms with Crippen LogP contribution in [0, 0.1) is 17.7 Å². The van der Waals surface area contributed by atoms with Gasteiger partial charge in [-0.1, -0.05) is 29.7 Å². The number of ether oxygens (including phenoxy) is 1. The molecule has 148 valence electrons. The molecule has 30 heavy (non-hydrogen) atoms. The van der Waals surface area contributed by atoms with Gasteiger partial charge >= 0.3 is 0 Å². The van der Waals surface area contributed by atoms with Crippen LogP contribution in [0.15, 0.2) is 66.6 Å². The van der Waals surface area contributed by atoms with Crippen LogP contribution < -0.4 is 10.1 Å². The zero-order valence-electron chi connectivity index (χ0n) is 15.5. The van der Waals surface area contributed by atoms with Crippen LogP contribution in [0.2, 0.25) is 5.02 Å². The van der Waals surface area contributed by atoms with Crippen LogP contribution in [0.25, 0.3) is 0 Å². The fraction of sp³-hybridized carbons (Fsp3) is 0.0455. The number of rotatable bonds is 5. The first-order valence-electron chi connectivity index (χ1n) is 8.83. The number of halogens is 2. The molecular formula is C22H14ClFN4OS. The van der Waals surface area contributed by atoms with Crippen LogP contribution in [0.4, 0.5) is 15.9 Å². The molecule has 2 aromatic heterocycles. The fourth-order valence-electron chi connectivity index (χ4n) is 2.55. The van der Waals surface area contributed by atoms with E-state index in [9.17, 15) is 4.39 Å². The topological polar surface area (TPSA) is 59.9 Å². The predicted octanol–water partition coefficient (Wildman–Crippen LogP) is 5.45. The standard InChI is InChI=1S/C22H14ClFN4OS/c23-19-11-18(5-6-20(19)29-13-15-2-1-3-17(24)10-15)28-22-16(12-25-14-27-22)4-7-21-26-8-9-30-21/h1-3,5-6,8-12,14H,13H2,(H,25,27,28). The Morgan fingerprint density at radius 1 is 1.13 bits per heavy atom. The van der Waals surface area contributed by atoms with Crippen LogP contribution in [0.5, 0.6) is 5.75 Å². The second-order valence-electron chi connectivity index (χ2n) is 6.06. The number of anilines is 2. The molecule has 8 heteroatoms. The molecule has 4 rings (SSSR count). The molecular weight excluding hydrogens is 423 g/mol. The highest BCUT2D eigenvalue weighted by Gasteiger charge is 2.07. The lowest BCUT2D eigenvalue weighted by Crippen LogP contribution is -1.99. The summed E-state index contributed by atoms with van der Waals surface area (Å²) in [5.41, 5.74) is 2.07. The van der Waals surface area contributed by atoms with Crippen molar-refractivity contribution in [3.05, 3.63) is 93.5 Å². The van der Waals surface area contributed by atoms with Gasteiger partial charge in [-0.2, -0.15) is 0 Å². The van der Waals surface area contributed by atoms with E-state index in [1.54, 1.807) is 36.7 Å². The molecule has 2 aromatic carbocycles. The molecule has 0 atom stereocenters. The molecule has 5 nitrogen and oxygen atoms in total. The van der Waals surface area contributed by atoms with Crippen LogP contribution in [0.3, 0.4) is 0 Å². The van der Waals surface area contributed by atoms with E-state index >= 15 is 0 Å². The van der Waals surface area contributed by atoms with E-state index in [0.717, 1.165) is 5.56 Å². The van der Waals surface area contributed by atoms with Crippen molar-refractivity contribution in [3.8, 4) is 17.6 Å². The quantitative estimate of drug-likeness (QED) is 0.422. The van der Waals surface area contributed by atoms with Gasteiger partial charge in [0.2, 0.25) is 0 Å². The lowest BCUT2D eigenvalue weighted by Gasteiger charge is -2.11. The van der Waals surface area contributed by atoms with E-state index in [-0.39, 0.29) is 12.4 Å². The molecule has 0 radical (unpaired) electrons. The largest absolute Gasteiger partial charge is 0.487 e. The number of hydrogen-bond acceptors (Lipinski definition) is 6. The van der Waals surface area contributed by atoms with Gasteiger partial charge in [-0.25, -0.2) is 19.3 Å². The first kappa shape index (κ1) is 19.8. The molecule has 1 N–H and O–H groups in total. The van der Waals surface area contributed by atoms with Crippen LogP contribution >= 0.6 is 22.9 Å². The summed E-state index contributed by atoms with van der Waals surface area (Å²) in [5.74, 6) is 6.76. The zero-order valence-corrected chi connectivity index (χ0v) is 17.0. The van der Waals surface area contributed by atoms with Gasteiger partial charge < -0.3 is 10.1 Å². The Morgan fingerprint density at radius 3 is 2.87 bits per heavy atom. The van der Waals surface area contributed by atoms with E-state index < -0.39 is 0 Å². The van der Waals surface area contributed by atoms with Crippen molar-refractivity contribution in [3.63, 3.8) is 0 Å². The van der Waals surface area contributed by atoms with Crippen molar-refractivity contribution in [2.45, 2.75) is 6.61 Å². The van der Waals surface area contributed by atoms with E-state index in [1.807, 2.05) is 11.4 Å². The number of thiazole rings is 1. The highest BCUT2D eigenvalue weighted by Crippen LogP contribution is 2.30. The van der Waals surface area contributed by atoms with Crippen LogP contribution in [-0.2, 0) is 6.61 Å². The van der Waals surface area contributed by atoms with E-state index in [1.165, 1.54) is 29.8 Å². The van der Waals surface area contributed by atoms with Crippen LogP contribution in [-0.4, -0.2) is 15.0 Å². The molecule has 4 aromatic rings. The van der Waals surface area contributed by atoms with Crippen molar-refractivity contribution in [2.75, 3.05) is 5.32 Å². The smallest absolute Gasteiger partial charge is 0.167 e. The van der Waals surface area contributed by atoms with Crippen molar-refractivity contribution >= 4 is 34.4 Å². The summed E-state index contributed by atoms with van der Waals surface area (Å²) in [5, 5.41) is 6.19. The van der Waals surface area contributed by atoms with E-state index in [4.69, 9.17) is 16.3 Å². The first-order chi connectivity index (χ1) is 14.7. The number of benzene rings is 2. The maximum absolute atomic E-state index is 13.3. The lowest BCUT2D eigenvalue weighted by molar-refractivity contribution is 0.306. The molecule has 0 aliphatic rings. The van der Waals surface area contributed by atoms with Gasteiger partial charge in [0.1, 0.15) is 30.3 Å². The van der Waals surface area contributed by atoms with Gasteiger partial charge in [0.25, 0.3) is 0 Å². The molecule has 0 bridgehead atoms. The molecule has 2 heterocycles. The highest BCUT2D eigenvalue weighted by atomic mass is 35.5. The van der Waals surface area contributed by atoms with Crippen LogP contribution in [0.1, 0.15) is 16.1 Å². The SMILES string of the molecule is Fc1cccc(COc2ccc(Nc3ncncc3C#Cc3nccs3)cc2Cl)c1. The summed E-state index contributed by atoms with van der Waals surface area (Å²) in [6.07, 6.45) is 4.78. The van der Waals surface area contributed by atoms with Crippen molar-refractivity contribution in [2.24, 2.45) is 0 Å². The molecule has 0 aliphatic heterocycles. The van der Waals surface area contributed by atoms with Gasteiger partial charge in [0.05, 0.1) is 10.6 Å². The summed E-state index contributed by atoms with van der Waals surface area (Å²) in [6.45, 7) is 0.215. The third-order valence-electron chi connectivity index (χ3n) is 3.93. The second kappa shape index (κ2) is 9.35. The molecule has 0 aliphatic carbocycles. The average Bonchev–Trinajstić information content (AvgIpc) is 3.26. The van der Waals surface area contributed by atoms with E-state index in [0.29, 0.717) is 32.8 Å². The highest BCUT2D eigenvalue weighted by molar-refractivity contribution is 7.10. The van der Waals surface area contributed by atoms with Gasteiger partial charge in [-0.15, -0.1) is 11.3 Å². The van der Waals surface area contributed by atoms with E-state index in [2.05, 4.69) is 32.1 Å². The number of nitrogens with one attached hydrogen (secondary N) is 1. The first-order valence-corrected chi connectivity index (χ1v) is 10.1. The fourth-order valence-corrected chi connectivity index (χ4v) is 3.26. The van der Waals surface area contributed by atoms with Gasteiger partial charge in [0, 0.05) is 23.5 Å². The zero-order chi connectivity index (χ0) is 20.8. The molecule has 0 spiro atoms.